The van der Waals surface area contributed by atoms with Crippen molar-refractivity contribution in [1.29, 1.82) is 0 Å². The number of rotatable bonds is 4. The smallest absolute Gasteiger partial charge is 0.189 e. The molecule has 0 radical (unpaired) electrons. The number of sulfone groups is 1. The van der Waals surface area contributed by atoms with Crippen LogP contribution in [0.25, 0.3) is 0 Å². The van der Waals surface area contributed by atoms with Gasteiger partial charge in [0.15, 0.2) is 15.7 Å². The van der Waals surface area contributed by atoms with E-state index in [0.29, 0.717) is 0 Å². The van der Waals surface area contributed by atoms with Gasteiger partial charge in [0.2, 0.25) is 0 Å². The highest BCUT2D eigenvalue weighted by atomic mass is 35.5. The summed E-state index contributed by atoms with van der Waals surface area (Å²) in [7, 11) is -3.16. The molecule has 1 heterocycles. The Morgan fingerprint density at radius 2 is 2.00 bits per heavy atom. The van der Waals surface area contributed by atoms with Crippen LogP contribution in [0.3, 0.4) is 0 Å². The van der Waals surface area contributed by atoms with Gasteiger partial charge in [-0.1, -0.05) is 41.1 Å². The average Bonchev–Trinajstić information content (AvgIpc) is 2.82. The van der Waals surface area contributed by atoms with Crippen molar-refractivity contribution in [1.82, 2.24) is 20.6 Å². The standard InChI is InChI=1S/C6H5Cl.C5H8N4O2S/c7-6-4-2-1-3-5-6;1-2-3-12(10,11)4-5-6-8-9-7-5/h1-5H;2H,1,3-4H2,(H,6,7,8,9). The van der Waals surface area contributed by atoms with E-state index in [2.05, 4.69) is 27.2 Å². The minimum absolute atomic E-state index is 0.0679. The van der Waals surface area contributed by atoms with E-state index in [9.17, 15) is 8.42 Å². The first-order valence-electron chi connectivity index (χ1n) is 5.27. The number of hydrogen-bond donors (Lipinski definition) is 1. The van der Waals surface area contributed by atoms with Gasteiger partial charge in [0.1, 0.15) is 5.75 Å². The van der Waals surface area contributed by atoms with Crippen LogP contribution < -0.4 is 0 Å². The third-order valence-electron chi connectivity index (χ3n) is 1.84. The molecule has 1 aromatic carbocycles. The van der Waals surface area contributed by atoms with Crippen molar-refractivity contribution in [3.05, 3.63) is 53.8 Å². The molecule has 0 aliphatic rings. The summed E-state index contributed by atoms with van der Waals surface area (Å²) in [5, 5.41) is 13.3. The second-order valence-corrected chi connectivity index (χ2v) is 6.01. The van der Waals surface area contributed by atoms with E-state index in [4.69, 9.17) is 11.6 Å². The molecule has 8 heteroatoms. The topological polar surface area (TPSA) is 88.6 Å². The molecule has 0 aliphatic carbocycles. The first kappa shape index (κ1) is 15.3. The molecule has 1 aromatic heterocycles. The highest BCUT2D eigenvalue weighted by Crippen LogP contribution is 2.03. The quantitative estimate of drug-likeness (QED) is 0.867. The summed E-state index contributed by atoms with van der Waals surface area (Å²) >= 11 is 5.54. The maximum atomic E-state index is 11.1. The lowest BCUT2D eigenvalue weighted by molar-refractivity contribution is 0.596. The van der Waals surface area contributed by atoms with Crippen LogP contribution in [0.1, 0.15) is 5.82 Å². The first-order chi connectivity index (χ1) is 9.03. The molecule has 2 rings (SSSR count). The predicted octanol–water partition coefficient (Wildman–Crippen LogP) is 1.64. The van der Waals surface area contributed by atoms with E-state index in [1.807, 2.05) is 30.3 Å². The van der Waals surface area contributed by atoms with Gasteiger partial charge in [0.25, 0.3) is 0 Å². The van der Waals surface area contributed by atoms with Crippen molar-refractivity contribution < 1.29 is 8.42 Å². The minimum Gasteiger partial charge on any atom is -0.228 e. The molecule has 102 valence electrons. The second kappa shape index (κ2) is 7.65. The van der Waals surface area contributed by atoms with Crippen molar-refractivity contribution in [3.63, 3.8) is 0 Å². The lowest BCUT2D eigenvalue weighted by Gasteiger charge is -1.94. The fourth-order valence-corrected chi connectivity index (χ4v) is 2.23. The van der Waals surface area contributed by atoms with Gasteiger partial charge < -0.3 is 0 Å². The Kier molecular flexibility index (Phi) is 6.17. The van der Waals surface area contributed by atoms with Crippen LogP contribution in [0.5, 0.6) is 0 Å². The number of benzene rings is 1. The van der Waals surface area contributed by atoms with Crippen LogP contribution in [0.2, 0.25) is 5.02 Å². The zero-order valence-corrected chi connectivity index (χ0v) is 11.6. The van der Waals surface area contributed by atoms with Gasteiger partial charge in [-0.25, -0.2) is 8.42 Å². The monoisotopic (exact) mass is 300 g/mol. The molecule has 0 bridgehead atoms. The van der Waals surface area contributed by atoms with Gasteiger partial charge >= 0.3 is 0 Å². The van der Waals surface area contributed by atoms with Crippen molar-refractivity contribution in [2.75, 3.05) is 5.75 Å². The van der Waals surface area contributed by atoms with Gasteiger partial charge in [0, 0.05) is 5.02 Å². The van der Waals surface area contributed by atoms with E-state index < -0.39 is 9.84 Å². The Balaban J connectivity index is 0.000000218. The molecule has 0 spiro atoms. The summed E-state index contributed by atoms with van der Waals surface area (Å²) in [6.07, 6.45) is 1.33. The Morgan fingerprint density at radius 1 is 1.32 bits per heavy atom. The van der Waals surface area contributed by atoms with Gasteiger partial charge in [-0.2, -0.15) is 5.21 Å². The summed E-state index contributed by atoms with van der Waals surface area (Å²) in [5.41, 5.74) is 0. The first-order valence-corrected chi connectivity index (χ1v) is 7.47. The molecule has 0 atom stereocenters. The van der Waals surface area contributed by atoms with Crippen LogP contribution in [0.4, 0.5) is 0 Å². The third-order valence-corrected chi connectivity index (χ3v) is 3.54. The highest BCUT2D eigenvalue weighted by molar-refractivity contribution is 7.90. The lowest BCUT2D eigenvalue weighted by atomic mass is 10.4. The molecular weight excluding hydrogens is 288 g/mol. The molecule has 0 fully saturated rings. The Bertz CT molecular complexity index is 584. The van der Waals surface area contributed by atoms with E-state index in [0.717, 1.165) is 5.02 Å². The van der Waals surface area contributed by atoms with Gasteiger partial charge in [-0.05, 0) is 12.1 Å². The molecule has 1 N–H and O–H groups in total. The van der Waals surface area contributed by atoms with Gasteiger partial charge in [-0.3, -0.25) is 0 Å². The van der Waals surface area contributed by atoms with E-state index in [-0.39, 0.29) is 17.3 Å². The number of aromatic amines is 1. The molecule has 0 aliphatic heterocycles. The van der Waals surface area contributed by atoms with Crippen LogP contribution in [-0.2, 0) is 15.6 Å². The van der Waals surface area contributed by atoms with Crippen LogP contribution >= 0.6 is 11.6 Å². The number of nitrogens with one attached hydrogen (secondary N) is 1. The van der Waals surface area contributed by atoms with E-state index in [1.165, 1.54) is 6.08 Å². The SMILES string of the molecule is C=CCS(=O)(=O)Cc1nn[nH]n1.Clc1ccccc1. The summed E-state index contributed by atoms with van der Waals surface area (Å²) < 4.78 is 22.2. The van der Waals surface area contributed by atoms with Crippen LogP contribution in [0.15, 0.2) is 43.0 Å². The maximum absolute atomic E-state index is 11.1. The van der Waals surface area contributed by atoms with Crippen LogP contribution in [-0.4, -0.2) is 34.8 Å². The number of hydrogen-bond acceptors (Lipinski definition) is 5. The number of tetrazole rings is 1. The lowest BCUT2D eigenvalue weighted by Crippen LogP contribution is -2.08. The zero-order chi connectivity index (χ0) is 14.1. The average molecular weight is 301 g/mol. The summed E-state index contributed by atoms with van der Waals surface area (Å²) in [6.45, 7) is 3.33. The van der Waals surface area contributed by atoms with Crippen LogP contribution in [0, 0.1) is 0 Å². The molecule has 0 saturated heterocycles. The largest absolute Gasteiger partial charge is 0.228 e. The molecular formula is C11H13ClN4O2S. The number of halogens is 1. The number of H-pyrrole nitrogens is 1. The number of nitrogens with zero attached hydrogens (tertiary/aromatic N) is 3. The second-order valence-electron chi connectivity index (χ2n) is 3.47. The van der Waals surface area contributed by atoms with Crippen molar-refractivity contribution in [3.8, 4) is 0 Å². The Hall–Kier alpha value is -1.73. The van der Waals surface area contributed by atoms with E-state index >= 15 is 0 Å². The Morgan fingerprint density at radius 3 is 2.42 bits per heavy atom. The summed E-state index contributed by atoms with van der Waals surface area (Å²) in [5.74, 6) is -0.0892. The molecule has 0 unspecified atom stereocenters. The molecule has 0 saturated carbocycles. The molecule has 2 aromatic rings. The summed E-state index contributed by atoms with van der Waals surface area (Å²) in [6, 6.07) is 9.44. The summed E-state index contributed by atoms with van der Waals surface area (Å²) in [4.78, 5) is 0. The van der Waals surface area contributed by atoms with Crippen molar-refractivity contribution >= 4 is 21.4 Å². The third kappa shape index (κ3) is 6.68. The Labute approximate surface area is 116 Å². The van der Waals surface area contributed by atoms with Crippen molar-refractivity contribution in [2.24, 2.45) is 0 Å². The van der Waals surface area contributed by atoms with Crippen molar-refractivity contribution in [2.45, 2.75) is 5.75 Å². The fraction of sp³-hybridized carbons (Fsp3) is 0.182. The maximum Gasteiger partial charge on any atom is 0.189 e. The van der Waals surface area contributed by atoms with E-state index in [1.54, 1.807) is 0 Å². The zero-order valence-electron chi connectivity index (χ0n) is 10.0. The molecule has 0 amide bonds. The molecule has 6 nitrogen and oxygen atoms in total. The van der Waals surface area contributed by atoms with Gasteiger partial charge in [-0.15, -0.1) is 16.8 Å². The predicted molar refractivity (Wildman–Crippen MR) is 73.3 cm³/mol. The normalized spacial score (nSPS) is 10.4. The fourth-order valence-electron chi connectivity index (χ4n) is 1.09. The highest BCUT2D eigenvalue weighted by Gasteiger charge is 2.12. The minimum atomic E-state index is -3.16. The van der Waals surface area contributed by atoms with Gasteiger partial charge in [0.05, 0.1) is 5.75 Å². The number of aromatic nitrogens is 4. The molecule has 19 heavy (non-hydrogen) atoms.